The summed E-state index contributed by atoms with van der Waals surface area (Å²) in [6.45, 7) is 6.65. The Hall–Kier alpha value is -2.57. The van der Waals surface area contributed by atoms with E-state index in [2.05, 4.69) is 46.3 Å². The molecule has 1 fully saturated rings. The lowest BCUT2D eigenvalue weighted by molar-refractivity contribution is -0.145. The summed E-state index contributed by atoms with van der Waals surface area (Å²) in [5, 5.41) is 3.43. The molecular weight excluding hydrogens is 400 g/mol. The molecule has 0 bridgehead atoms. The summed E-state index contributed by atoms with van der Waals surface area (Å²) in [5.41, 5.74) is 2.17. The molecule has 1 saturated heterocycles. The van der Waals surface area contributed by atoms with Crippen LogP contribution in [0.5, 0.6) is 0 Å². The third-order valence-corrected chi connectivity index (χ3v) is 5.74. The van der Waals surface area contributed by atoms with E-state index in [9.17, 15) is 9.59 Å². The molecule has 2 amide bonds. The van der Waals surface area contributed by atoms with Gasteiger partial charge in [-0.15, -0.1) is 0 Å². The molecule has 0 spiro atoms. The summed E-state index contributed by atoms with van der Waals surface area (Å²) in [6.07, 6.45) is 0. The average molecular weight is 429 g/mol. The van der Waals surface area contributed by atoms with Gasteiger partial charge in [0.2, 0.25) is 0 Å². The number of carbonyl (C=O) groups is 2. The van der Waals surface area contributed by atoms with Gasteiger partial charge in [-0.3, -0.25) is 14.5 Å². The molecule has 1 aliphatic heterocycles. The van der Waals surface area contributed by atoms with Crippen molar-refractivity contribution in [3.8, 4) is 0 Å². The Labute approximate surface area is 183 Å². The number of hydrogen-bond acceptors (Lipinski definition) is 4. The predicted molar refractivity (Wildman–Crippen MR) is 121 cm³/mol. The number of carbonyl (C=O) groups excluding carboxylic acids is 2. The molecule has 2 aromatic rings. The van der Waals surface area contributed by atoms with Crippen LogP contribution in [0, 0.1) is 0 Å². The minimum absolute atomic E-state index is 0.168. The molecule has 7 heteroatoms. The molecule has 0 radical (unpaired) electrons. The van der Waals surface area contributed by atoms with Gasteiger partial charge in [0.1, 0.15) is 0 Å². The van der Waals surface area contributed by atoms with Gasteiger partial charge >= 0.3 is 11.8 Å². The lowest BCUT2D eigenvalue weighted by Gasteiger charge is -2.39. The third kappa shape index (κ3) is 5.97. The van der Waals surface area contributed by atoms with Crippen molar-refractivity contribution >= 4 is 29.1 Å². The van der Waals surface area contributed by atoms with Crippen LogP contribution in [0.25, 0.3) is 0 Å². The summed E-state index contributed by atoms with van der Waals surface area (Å²) in [5.74, 6) is -1.10. The zero-order chi connectivity index (χ0) is 21.5. The summed E-state index contributed by atoms with van der Waals surface area (Å²) in [4.78, 5) is 30.8. The molecule has 1 aliphatic rings. The Bertz CT molecular complexity index is 836. The SMILES string of the molecule is CC(CNC(=O)C(=O)N(C)Cc1ccc(Cl)cc1)N1CCN(c2ccccc2)CC1. The first-order valence-corrected chi connectivity index (χ1v) is 10.6. The van der Waals surface area contributed by atoms with Crippen molar-refractivity contribution < 1.29 is 9.59 Å². The number of para-hydroxylation sites is 1. The van der Waals surface area contributed by atoms with Gasteiger partial charge in [0.15, 0.2) is 0 Å². The Balaban J connectivity index is 1.41. The van der Waals surface area contributed by atoms with E-state index < -0.39 is 11.8 Å². The van der Waals surface area contributed by atoms with E-state index >= 15 is 0 Å². The minimum atomic E-state index is -0.568. The normalized spacial score (nSPS) is 15.5. The zero-order valence-electron chi connectivity index (χ0n) is 17.6. The number of benzene rings is 2. The van der Waals surface area contributed by atoms with Crippen LogP contribution in [0.1, 0.15) is 12.5 Å². The Morgan fingerprint density at radius 1 is 1.03 bits per heavy atom. The number of nitrogens with zero attached hydrogens (tertiary/aromatic N) is 3. The van der Waals surface area contributed by atoms with Gasteiger partial charge in [-0.2, -0.15) is 0 Å². The molecule has 0 aliphatic carbocycles. The molecule has 2 aromatic carbocycles. The number of amides is 2. The maximum absolute atomic E-state index is 12.4. The third-order valence-electron chi connectivity index (χ3n) is 5.49. The van der Waals surface area contributed by atoms with Crippen molar-refractivity contribution in [2.45, 2.75) is 19.5 Å². The largest absolute Gasteiger partial charge is 0.369 e. The maximum atomic E-state index is 12.4. The van der Waals surface area contributed by atoms with Gasteiger partial charge in [-0.25, -0.2) is 0 Å². The van der Waals surface area contributed by atoms with Crippen molar-refractivity contribution in [1.82, 2.24) is 15.1 Å². The fourth-order valence-corrected chi connectivity index (χ4v) is 3.74. The highest BCUT2D eigenvalue weighted by atomic mass is 35.5. The predicted octanol–water partition coefficient (Wildman–Crippen LogP) is 2.63. The van der Waals surface area contributed by atoms with Crippen molar-refractivity contribution in [2.75, 3.05) is 44.7 Å². The first-order chi connectivity index (χ1) is 14.4. The molecule has 1 unspecified atom stereocenters. The van der Waals surface area contributed by atoms with Crippen LogP contribution < -0.4 is 10.2 Å². The number of likely N-dealkylation sites (N-methyl/N-ethyl adjacent to an activating group) is 1. The van der Waals surface area contributed by atoms with E-state index in [1.54, 1.807) is 19.2 Å². The summed E-state index contributed by atoms with van der Waals surface area (Å²) < 4.78 is 0. The Kier molecular flexibility index (Phi) is 7.71. The highest BCUT2D eigenvalue weighted by molar-refractivity contribution is 6.34. The van der Waals surface area contributed by atoms with Gasteiger partial charge in [0.25, 0.3) is 0 Å². The molecule has 3 rings (SSSR count). The average Bonchev–Trinajstić information content (AvgIpc) is 2.79. The summed E-state index contributed by atoms with van der Waals surface area (Å²) in [7, 11) is 1.63. The van der Waals surface area contributed by atoms with E-state index in [-0.39, 0.29) is 6.04 Å². The van der Waals surface area contributed by atoms with Crippen LogP contribution in [0.2, 0.25) is 5.02 Å². The van der Waals surface area contributed by atoms with Gasteiger partial charge in [-0.1, -0.05) is 41.9 Å². The van der Waals surface area contributed by atoms with Crippen LogP contribution in [-0.4, -0.2) is 67.4 Å². The second kappa shape index (κ2) is 10.5. The standard InChI is InChI=1S/C23H29ClN4O2/c1-18(27-12-14-28(15-13-27)21-6-4-3-5-7-21)16-25-22(29)23(30)26(2)17-19-8-10-20(24)11-9-19/h3-11,18H,12-17H2,1-2H3,(H,25,29). The summed E-state index contributed by atoms with van der Waals surface area (Å²) >= 11 is 5.88. The van der Waals surface area contributed by atoms with Crippen LogP contribution in [-0.2, 0) is 16.1 Å². The van der Waals surface area contributed by atoms with E-state index in [1.165, 1.54) is 10.6 Å². The molecular formula is C23H29ClN4O2. The molecule has 1 atom stereocenters. The van der Waals surface area contributed by atoms with Crippen molar-refractivity contribution in [3.63, 3.8) is 0 Å². The number of piperazine rings is 1. The van der Waals surface area contributed by atoms with Crippen LogP contribution in [0.3, 0.4) is 0 Å². The second-order valence-electron chi connectivity index (χ2n) is 7.71. The first-order valence-electron chi connectivity index (χ1n) is 10.3. The Morgan fingerprint density at radius 3 is 2.30 bits per heavy atom. The van der Waals surface area contributed by atoms with E-state index in [4.69, 9.17) is 11.6 Å². The smallest absolute Gasteiger partial charge is 0.311 e. The molecule has 1 heterocycles. The molecule has 0 saturated carbocycles. The van der Waals surface area contributed by atoms with Crippen molar-refractivity contribution in [2.24, 2.45) is 0 Å². The maximum Gasteiger partial charge on any atom is 0.311 e. The number of rotatable bonds is 6. The topological polar surface area (TPSA) is 55.9 Å². The highest BCUT2D eigenvalue weighted by Crippen LogP contribution is 2.16. The minimum Gasteiger partial charge on any atom is -0.369 e. The highest BCUT2D eigenvalue weighted by Gasteiger charge is 2.23. The van der Waals surface area contributed by atoms with Gasteiger partial charge < -0.3 is 15.1 Å². The van der Waals surface area contributed by atoms with E-state index in [0.717, 1.165) is 31.7 Å². The Morgan fingerprint density at radius 2 is 1.67 bits per heavy atom. The van der Waals surface area contributed by atoms with E-state index in [0.29, 0.717) is 18.1 Å². The van der Waals surface area contributed by atoms with Crippen LogP contribution >= 0.6 is 11.6 Å². The van der Waals surface area contributed by atoms with Gasteiger partial charge in [-0.05, 0) is 36.8 Å². The van der Waals surface area contributed by atoms with Crippen molar-refractivity contribution in [1.29, 1.82) is 0 Å². The van der Waals surface area contributed by atoms with Gasteiger partial charge in [0, 0.05) is 63.1 Å². The zero-order valence-corrected chi connectivity index (χ0v) is 18.3. The molecule has 30 heavy (non-hydrogen) atoms. The fraction of sp³-hybridized carbons (Fsp3) is 0.391. The molecule has 1 N–H and O–H groups in total. The number of nitrogens with one attached hydrogen (secondary N) is 1. The first kappa shape index (κ1) is 22.1. The second-order valence-corrected chi connectivity index (χ2v) is 8.14. The molecule has 160 valence electrons. The number of hydrogen-bond donors (Lipinski definition) is 1. The van der Waals surface area contributed by atoms with Crippen LogP contribution in [0.15, 0.2) is 54.6 Å². The van der Waals surface area contributed by atoms with Crippen LogP contribution in [0.4, 0.5) is 5.69 Å². The molecule has 6 nitrogen and oxygen atoms in total. The van der Waals surface area contributed by atoms with Gasteiger partial charge in [0.05, 0.1) is 0 Å². The molecule has 0 aromatic heterocycles. The number of halogens is 1. The number of anilines is 1. The lowest BCUT2D eigenvalue weighted by Crippen LogP contribution is -2.53. The quantitative estimate of drug-likeness (QED) is 0.718. The summed E-state index contributed by atoms with van der Waals surface area (Å²) in [6, 6.07) is 17.8. The van der Waals surface area contributed by atoms with Crippen molar-refractivity contribution in [3.05, 3.63) is 65.2 Å². The fourth-order valence-electron chi connectivity index (χ4n) is 3.61. The lowest BCUT2D eigenvalue weighted by atomic mass is 10.2. The monoisotopic (exact) mass is 428 g/mol. The van der Waals surface area contributed by atoms with E-state index in [1.807, 2.05) is 18.2 Å².